The molecule has 5 heterocycles. The van der Waals surface area contributed by atoms with Crippen LogP contribution in [0.25, 0.3) is 0 Å². The SMILES string of the molecule is CCCN1CC=C[C@@]2(CC)O[C@]34C=CCN(CCN5CCOCC5)C(=O)C3N([C@@H](CO)CC(C)C)C(=O)[C@@H]4[C@H]2C1=O. The van der Waals surface area contributed by atoms with E-state index in [2.05, 4.69) is 4.90 Å². The highest BCUT2D eigenvalue weighted by Crippen LogP contribution is 2.59. The molecule has 1 spiro atoms. The molecule has 0 radical (unpaired) electrons. The van der Waals surface area contributed by atoms with Crippen molar-refractivity contribution < 1.29 is 29.0 Å². The van der Waals surface area contributed by atoms with Crippen molar-refractivity contribution in [2.75, 3.05) is 65.6 Å². The summed E-state index contributed by atoms with van der Waals surface area (Å²) >= 11 is 0. The van der Waals surface area contributed by atoms with Crippen LogP contribution in [0.4, 0.5) is 0 Å². The number of rotatable bonds is 10. The minimum absolute atomic E-state index is 0.0896. The van der Waals surface area contributed by atoms with Gasteiger partial charge in [0.1, 0.15) is 11.6 Å². The number of morpholine rings is 1. The van der Waals surface area contributed by atoms with Crippen molar-refractivity contribution in [1.82, 2.24) is 19.6 Å². The molecule has 10 nitrogen and oxygen atoms in total. The topological polar surface area (TPSA) is 103 Å². The Kier molecular flexibility index (Phi) is 8.95. The van der Waals surface area contributed by atoms with Gasteiger partial charge >= 0.3 is 0 Å². The molecular weight excluding hydrogens is 524 g/mol. The lowest BCUT2D eigenvalue weighted by Crippen LogP contribution is -2.59. The van der Waals surface area contributed by atoms with Crippen molar-refractivity contribution in [2.45, 2.75) is 70.2 Å². The van der Waals surface area contributed by atoms with E-state index in [1.165, 1.54) is 0 Å². The zero-order valence-corrected chi connectivity index (χ0v) is 25.2. The van der Waals surface area contributed by atoms with Crippen LogP contribution in [-0.4, -0.2) is 131 Å². The van der Waals surface area contributed by atoms with Gasteiger partial charge in [0.15, 0.2) is 0 Å². The monoisotopic (exact) mass is 572 g/mol. The summed E-state index contributed by atoms with van der Waals surface area (Å²) in [4.78, 5) is 51.0. The number of aliphatic hydroxyl groups excluding tert-OH is 1. The van der Waals surface area contributed by atoms with Crippen molar-refractivity contribution in [1.29, 1.82) is 0 Å². The molecule has 6 atom stereocenters. The number of nitrogens with zero attached hydrogens (tertiary/aromatic N) is 4. The van der Waals surface area contributed by atoms with Gasteiger partial charge < -0.3 is 29.3 Å². The van der Waals surface area contributed by atoms with Crippen molar-refractivity contribution in [3.05, 3.63) is 24.3 Å². The predicted molar refractivity (Wildman–Crippen MR) is 154 cm³/mol. The lowest BCUT2D eigenvalue weighted by atomic mass is 9.73. The normalized spacial score (nSPS) is 34.6. The summed E-state index contributed by atoms with van der Waals surface area (Å²) in [6.07, 6.45) is 9.68. The summed E-state index contributed by atoms with van der Waals surface area (Å²) in [5.74, 6) is -1.92. The molecule has 3 fully saturated rings. The van der Waals surface area contributed by atoms with Crippen LogP contribution in [0.3, 0.4) is 0 Å². The summed E-state index contributed by atoms with van der Waals surface area (Å²) in [6.45, 7) is 13.6. The number of carbonyl (C=O) groups is 3. The van der Waals surface area contributed by atoms with Crippen molar-refractivity contribution >= 4 is 17.7 Å². The quantitative estimate of drug-likeness (QED) is 0.394. The average Bonchev–Trinajstić information content (AvgIpc) is 3.27. The largest absolute Gasteiger partial charge is 0.394 e. The van der Waals surface area contributed by atoms with Gasteiger partial charge in [0.2, 0.25) is 17.7 Å². The van der Waals surface area contributed by atoms with Gasteiger partial charge in [0, 0.05) is 45.8 Å². The number of hydrogen-bond acceptors (Lipinski definition) is 7. The summed E-state index contributed by atoms with van der Waals surface area (Å²) in [5, 5.41) is 10.6. The molecule has 0 aromatic heterocycles. The van der Waals surface area contributed by atoms with Gasteiger partial charge in [-0.1, -0.05) is 52.0 Å². The number of likely N-dealkylation sites (tertiary alicyclic amines) is 1. The zero-order chi connectivity index (χ0) is 29.4. The highest BCUT2D eigenvalue weighted by molar-refractivity contribution is 6.00. The van der Waals surface area contributed by atoms with Gasteiger partial charge in [-0.15, -0.1) is 0 Å². The van der Waals surface area contributed by atoms with E-state index in [0.717, 1.165) is 19.5 Å². The molecule has 5 aliphatic heterocycles. The molecule has 41 heavy (non-hydrogen) atoms. The molecular formula is C31H48N4O6. The van der Waals surface area contributed by atoms with E-state index in [0.29, 0.717) is 58.8 Å². The van der Waals surface area contributed by atoms with Gasteiger partial charge in [-0.2, -0.15) is 0 Å². The van der Waals surface area contributed by atoms with Crippen LogP contribution in [-0.2, 0) is 23.9 Å². The second kappa shape index (κ2) is 12.1. The Morgan fingerprint density at radius 1 is 0.927 bits per heavy atom. The molecule has 0 aliphatic carbocycles. The molecule has 5 aliphatic rings. The third kappa shape index (κ3) is 5.15. The van der Waals surface area contributed by atoms with Crippen molar-refractivity contribution in [2.24, 2.45) is 17.8 Å². The maximum Gasteiger partial charge on any atom is 0.249 e. The van der Waals surface area contributed by atoms with Crippen LogP contribution < -0.4 is 0 Å². The van der Waals surface area contributed by atoms with Gasteiger partial charge in [-0.05, 0) is 25.2 Å². The fraction of sp³-hybridized carbons (Fsp3) is 0.774. The molecule has 3 amide bonds. The maximum atomic E-state index is 14.6. The zero-order valence-electron chi connectivity index (χ0n) is 25.2. The summed E-state index contributed by atoms with van der Waals surface area (Å²) in [5.41, 5.74) is -2.27. The second-order valence-electron chi connectivity index (χ2n) is 12.7. The van der Waals surface area contributed by atoms with E-state index in [4.69, 9.17) is 9.47 Å². The Hall–Kier alpha value is -2.27. The Bertz CT molecular complexity index is 1060. The Morgan fingerprint density at radius 3 is 2.24 bits per heavy atom. The molecule has 0 saturated carbocycles. The minimum Gasteiger partial charge on any atom is -0.394 e. The van der Waals surface area contributed by atoms with Gasteiger partial charge in [-0.3, -0.25) is 19.3 Å². The number of ether oxygens (including phenoxy) is 2. The highest BCUT2D eigenvalue weighted by atomic mass is 16.5. The first kappa shape index (κ1) is 30.2. The fourth-order valence-corrected chi connectivity index (χ4v) is 7.77. The molecule has 5 rings (SSSR count). The smallest absolute Gasteiger partial charge is 0.249 e. The molecule has 0 aromatic carbocycles. The van der Waals surface area contributed by atoms with Crippen molar-refractivity contribution in [3.8, 4) is 0 Å². The summed E-state index contributed by atoms with van der Waals surface area (Å²) in [6, 6.07) is -1.50. The first-order valence-corrected chi connectivity index (χ1v) is 15.6. The Morgan fingerprint density at radius 2 is 1.61 bits per heavy atom. The van der Waals surface area contributed by atoms with E-state index >= 15 is 0 Å². The lowest BCUT2D eigenvalue weighted by Gasteiger charge is -2.41. The van der Waals surface area contributed by atoms with Gasteiger partial charge in [-0.25, -0.2) is 0 Å². The molecule has 3 saturated heterocycles. The van der Waals surface area contributed by atoms with E-state index in [-0.39, 0.29) is 30.2 Å². The van der Waals surface area contributed by atoms with E-state index < -0.39 is 35.1 Å². The average molecular weight is 573 g/mol. The minimum atomic E-state index is -1.29. The fourth-order valence-electron chi connectivity index (χ4n) is 7.77. The standard InChI is InChI=1S/C31H48N4O6/c1-5-11-33-12-7-9-30(6-2)24(27(33)37)25-28(38)35(23(21-36)20-22(3)4)26-29(39)34(13-8-10-31(25,26)41-30)15-14-32-16-18-40-19-17-32/h7-10,22-26,36H,5-6,11-21H2,1-4H3/t23-,24+,25+,26?,30-,31+/m1/s1. The molecule has 10 heteroatoms. The first-order valence-electron chi connectivity index (χ1n) is 15.6. The van der Waals surface area contributed by atoms with Gasteiger partial charge in [0.25, 0.3) is 0 Å². The van der Waals surface area contributed by atoms with Crippen LogP contribution in [0.5, 0.6) is 0 Å². The van der Waals surface area contributed by atoms with Crippen molar-refractivity contribution in [3.63, 3.8) is 0 Å². The summed E-state index contributed by atoms with van der Waals surface area (Å²) in [7, 11) is 0. The van der Waals surface area contributed by atoms with Gasteiger partial charge in [0.05, 0.1) is 43.3 Å². The van der Waals surface area contributed by atoms with Crippen LogP contribution in [0.1, 0.15) is 47.0 Å². The van der Waals surface area contributed by atoms with E-state index in [1.54, 1.807) is 4.90 Å². The molecule has 228 valence electrons. The van der Waals surface area contributed by atoms with Crippen LogP contribution in [0.15, 0.2) is 24.3 Å². The highest BCUT2D eigenvalue weighted by Gasteiger charge is 2.75. The molecule has 1 N–H and O–H groups in total. The first-order chi connectivity index (χ1) is 19.7. The number of amides is 3. The number of aliphatic hydroxyl groups is 1. The molecule has 0 aromatic rings. The maximum absolute atomic E-state index is 14.6. The Balaban J connectivity index is 1.57. The van der Waals surface area contributed by atoms with E-state index in [9.17, 15) is 19.5 Å². The van der Waals surface area contributed by atoms with Crippen LogP contribution in [0.2, 0.25) is 0 Å². The number of fused-ring (bicyclic) bond motifs is 2. The number of carbonyl (C=O) groups excluding carboxylic acids is 3. The second-order valence-corrected chi connectivity index (χ2v) is 12.7. The molecule has 1 unspecified atom stereocenters. The van der Waals surface area contributed by atoms with E-state index in [1.807, 2.05) is 61.8 Å². The Labute approximate surface area is 244 Å². The predicted octanol–water partition coefficient (Wildman–Crippen LogP) is 1.29. The third-order valence-electron chi connectivity index (χ3n) is 9.68. The molecule has 0 bridgehead atoms. The summed E-state index contributed by atoms with van der Waals surface area (Å²) < 4.78 is 12.5. The third-order valence-corrected chi connectivity index (χ3v) is 9.68. The lowest BCUT2D eigenvalue weighted by molar-refractivity contribution is -0.157. The van der Waals surface area contributed by atoms with Crippen LogP contribution >= 0.6 is 0 Å². The van der Waals surface area contributed by atoms with Crippen LogP contribution in [0, 0.1) is 17.8 Å². The number of hydrogen-bond donors (Lipinski definition) is 1.